The van der Waals surface area contributed by atoms with Gasteiger partial charge in [-0.1, -0.05) is 25.5 Å². The fraction of sp³-hybridized carbons (Fsp3) is 0.667. The highest BCUT2D eigenvalue weighted by Gasteiger charge is 2.26. The molecule has 0 aromatic heterocycles. The number of piperidine rings is 1. The van der Waals surface area contributed by atoms with E-state index in [4.69, 9.17) is 0 Å². The van der Waals surface area contributed by atoms with Crippen molar-refractivity contribution in [2.75, 3.05) is 19.6 Å². The van der Waals surface area contributed by atoms with E-state index in [1.165, 1.54) is 37.8 Å². The Morgan fingerprint density at radius 2 is 1.95 bits per heavy atom. The van der Waals surface area contributed by atoms with Crippen molar-refractivity contribution in [3.63, 3.8) is 0 Å². The van der Waals surface area contributed by atoms with Gasteiger partial charge in [-0.15, -0.1) is 0 Å². The molecule has 0 radical (unpaired) electrons. The van der Waals surface area contributed by atoms with E-state index in [0.29, 0.717) is 6.04 Å². The van der Waals surface area contributed by atoms with Crippen LogP contribution in [0, 0.1) is 17.7 Å². The molecule has 2 unspecified atom stereocenters. The average molecular weight is 290 g/mol. The average Bonchev–Trinajstić information content (AvgIpc) is 2.39. The van der Waals surface area contributed by atoms with Gasteiger partial charge in [-0.3, -0.25) is 4.90 Å². The van der Waals surface area contributed by atoms with E-state index in [9.17, 15) is 4.39 Å². The van der Waals surface area contributed by atoms with Gasteiger partial charge in [-0.25, -0.2) is 4.39 Å². The van der Waals surface area contributed by atoms with Gasteiger partial charge in [0.25, 0.3) is 0 Å². The van der Waals surface area contributed by atoms with Gasteiger partial charge in [-0.2, -0.15) is 0 Å². The lowest BCUT2D eigenvalue weighted by Crippen LogP contribution is -2.49. The molecule has 1 saturated carbocycles. The highest BCUT2D eigenvalue weighted by atomic mass is 19.1. The zero-order valence-corrected chi connectivity index (χ0v) is 13.0. The lowest BCUT2D eigenvalue weighted by Gasteiger charge is -2.38. The second-order valence-corrected chi connectivity index (χ2v) is 7.06. The summed E-state index contributed by atoms with van der Waals surface area (Å²) in [6.45, 7) is 6.75. The molecular weight excluding hydrogens is 263 g/mol. The number of likely N-dealkylation sites (tertiary alicyclic amines) is 1. The van der Waals surface area contributed by atoms with Gasteiger partial charge < -0.3 is 5.32 Å². The van der Waals surface area contributed by atoms with Crippen molar-refractivity contribution < 1.29 is 4.39 Å². The molecule has 1 N–H and O–H groups in total. The van der Waals surface area contributed by atoms with E-state index in [0.717, 1.165) is 31.5 Å². The predicted molar refractivity (Wildman–Crippen MR) is 84.6 cm³/mol. The molecule has 21 heavy (non-hydrogen) atoms. The zero-order chi connectivity index (χ0) is 14.7. The molecule has 2 fully saturated rings. The van der Waals surface area contributed by atoms with Crippen LogP contribution in [0.3, 0.4) is 0 Å². The molecule has 1 saturated heterocycles. The summed E-state index contributed by atoms with van der Waals surface area (Å²) in [4.78, 5) is 2.51. The van der Waals surface area contributed by atoms with E-state index in [1.807, 2.05) is 12.1 Å². The first-order chi connectivity index (χ1) is 10.2. The number of halogens is 1. The van der Waals surface area contributed by atoms with E-state index in [1.54, 1.807) is 12.1 Å². The van der Waals surface area contributed by atoms with Crippen molar-refractivity contribution in [2.24, 2.45) is 11.8 Å². The van der Waals surface area contributed by atoms with Crippen LogP contribution in [0.2, 0.25) is 0 Å². The maximum absolute atomic E-state index is 13.0. The van der Waals surface area contributed by atoms with E-state index in [2.05, 4.69) is 17.1 Å². The topological polar surface area (TPSA) is 15.3 Å². The van der Waals surface area contributed by atoms with Gasteiger partial charge in [0.2, 0.25) is 0 Å². The summed E-state index contributed by atoms with van der Waals surface area (Å²) in [5, 5.41) is 3.78. The minimum Gasteiger partial charge on any atom is -0.312 e. The summed E-state index contributed by atoms with van der Waals surface area (Å²) < 4.78 is 13.0. The second-order valence-electron chi connectivity index (χ2n) is 7.06. The maximum Gasteiger partial charge on any atom is 0.123 e. The Labute approximate surface area is 127 Å². The van der Waals surface area contributed by atoms with Crippen LogP contribution < -0.4 is 5.32 Å². The van der Waals surface area contributed by atoms with Crippen LogP contribution in [0.4, 0.5) is 4.39 Å². The lowest BCUT2D eigenvalue weighted by molar-refractivity contribution is 0.136. The van der Waals surface area contributed by atoms with Gasteiger partial charge in [-0.05, 0) is 55.3 Å². The Balaban J connectivity index is 1.50. The number of hydrogen-bond donors (Lipinski definition) is 1. The van der Waals surface area contributed by atoms with E-state index < -0.39 is 0 Å². The SMILES string of the molecule is CC1CC(NCC2CCC2)CN(Cc2ccc(F)cc2)C1. The normalized spacial score (nSPS) is 27.5. The lowest BCUT2D eigenvalue weighted by atomic mass is 9.85. The van der Waals surface area contributed by atoms with Gasteiger partial charge in [0.05, 0.1) is 0 Å². The summed E-state index contributed by atoms with van der Waals surface area (Å²) in [5.74, 6) is 1.51. The fourth-order valence-electron chi connectivity index (χ4n) is 3.62. The summed E-state index contributed by atoms with van der Waals surface area (Å²) in [5.41, 5.74) is 1.21. The Bertz CT molecular complexity index is 441. The van der Waals surface area contributed by atoms with Crippen LogP contribution in [0.15, 0.2) is 24.3 Å². The molecule has 2 atom stereocenters. The molecule has 1 aliphatic carbocycles. The number of rotatable bonds is 5. The Morgan fingerprint density at radius 1 is 1.19 bits per heavy atom. The largest absolute Gasteiger partial charge is 0.312 e. The van der Waals surface area contributed by atoms with Crippen LogP contribution >= 0.6 is 0 Å². The first-order valence-corrected chi connectivity index (χ1v) is 8.39. The quantitative estimate of drug-likeness (QED) is 0.894. The monoisotopic (exact) mass is 290 g/mol. The molecule has 1 heterocycles. The van der Waals surface area contributed by atoms with Crippen LogP contribution in [-0.2, 0) is 6.54 Å². The first kappa shape index (κ1) is 15.0. The summed E-state index contributed by atoms with van der Waals surface area (Å²) in [6, 6.07) is 7.57. The predicted octanol–water partition coefficient (Wildman–Crippen LogP) is 3.43. The van der Waals surface area contributed by atoms with Gasteiger partial charge in [0.15, 0.2) is 0 Å². The minimum absolute atomic E-state index is 0.147. The molecule has 0 amide bonds. The Hall–Kier alpha value is -0.930. The zero-order valence-electron chi connectivity index (χ0n) is 13.0. The van der Waals surface area contributed by atoms with Gasteiger partial charge in [0, 0.05) is 25.7 Å². The minimum atomic E-state index is -0.147. The second kappa shape index (κ2) is 6.89. The highest BCUT2D eigenvalue weighted by molar-refractivity contribution is 5.16. The Morgan fingerprint density at radius 3 is 2.62 bits per heavy atom. The molecule has 1 aromatic carbocycles. The van der Waals surface area contributed by atoms with Crippen molar-refractivity contribution in [2.45, 2.75) is 45.2 Å². The van der Waals surface area contributed by atoms with Gasteiger partial charge >= 0.3 is 0 Å². The molecule has 3 rings (SSSR count). The summed E-state index contributed by atoms with van der Waals surface area (Å²) in [7, 11) is 0. The van der Waals surface area contributed by atoms with E-state index in [-0.39, 0.29) is 5.82 Å². The summed E-state index contributed by atoms with van der Waals surface area (Å²) >= 11 is 0. The molecule has 3 heteroatoms. The summed E-state index contributed by atoms with van der Waals surface area (Å²) in [6.07, 6.45) is 5.53. The maximum atomic E-state index is 13.0. The first-order valence-electron chi connectivity index (χ1n) is 8.39. The molecule has 0 spiro atoms. The molecular formula is C18H27FN2. The third-order valence-corrected chi connectivity index (χ3v) is 4.97. The van der Waals surface area contributed by atoms with Crippen molar-refractivity contribution in [1.29, 1.82) is 0 Å². The molecule has 116 valence electrons. The van der Waals surface area contributed by atoms with Crippen LogP contribution in [0.1, 0.15) is 38.2 Å². The number of nitrogens with one attached hydrogen (secondary N) is 1. The van der Waals surface area contributed by atoms with Crippen molar-refractivity contribution in [3.05, 3.63) is 35.6 Å². The number of nitrogens with zero attached hydrogens (tertiary/aromatic N) is 1. The van der Waals surface area contributed by atoms with Crippen molar-refractivity contribution >= 4 is 0 Å². The van der Waals surface area contributed by atoms with Crippen molar-refractivity contribution in [3.8, 4) is 0 Å². The molecule has 2 aliphatic rings. The number of hydrogen-bond acceptors (Lipinski definition) is 2. The molecule has 2 nitrogen and oxygen atoms in total. The van der Waals surface area contributed by atoms with Crippen LogP contribution in [0.5, 0.6) is 0 Å². The third-order valence-electron chi connectivity index (χ3n) is 4.97. The smallest absolute Gasteiger partial charge is 0.123 e. The molecule has 1 aromatic rings. The number of benzene rings is 1. The molecule has 1 aliphatic heterocycles. The standard InChI is InChI=1S/C18H27FN2/c1-14-9-18(20-10-15-3-2-4-15)13-21(11-14)12-16-5-7-17(19)8-6-16/h5-8,14-15,18,20H,2-4,9-13H2,1H3. The van der Waals surface area contributed by atoms with Crippen molar-refractivity contribution in [1.82, 2.24) is 10.2 Å². The Kier molecular flexibility index (Phi) is 4.91. The fourth-order valence-corrected chi connectivity index (χ4v) is 3.62. The third kappa shape index (κ3) is 4.27. The van der Waals surface area contributed by atoms with Crippen LogP contribution in [0.25, 0.3) is 0 Å². The van der Waals surface area contributed by atoms with E-state index >= 15 is 0 Å². The van der Waals surface area contributed by atoms with Gasteiger partial charge in [0.1, 0.15) is 5.82 Å². The van der Waals surface area contributed by atoms with Crippen LogP contribution in [-0.4, -0.2) is 30.6 Å². The molecule has 0 bridgehead atoms. The highest BCUT2D eigenvalue weighted by Crippen LogP contribution is 2.26.